The zero-order valence-corrected chi connectivity index (χ0v) is 13.2. The second-order valence-electron chi connectivity index (χ2n) is 5.16. The van der Waals surface area contributed by atoms with Gasteiger partial charge in [0.15, 0.2) is 17.0 Å². The molecule has 1 aromatic carbocycles. The summed E-state index contributed by atoms with van der Waals surface area (Å²) in [7, 11) is 1.66. The topological polar surface area (TPSA) is 78.9 Å². The van der Waals surface area contributed by atoms with Crippen molar-refractivity contribution in [2.45, 2.75) is 19.9 Å². The fourth-order valence-corrected chi connectivity index (χ4v) is 2.46. The first kappa shape index (κ1) is 15.0. The number of benzene rings is 1. The van der Waals surface area contributed by atoms with Gasteiger partial charge in [0.1, 0.15) is 17.9 Å². The summed E-state index contributed by atoms with van der Waals surface area (Å²) in [5, 5.41) is 0. The van der Waals surface area contributed by atoms with E-state index in [-0.39, 0.29) is 0 Å². The molecule has 0 atom stereocenters. The van der Waals surface area contributed by atoms with Crippen molar-refractivity contribution >= 4 is 17.0 Å². The van der Waals surface area contributed by atoms with E-state index in [4.69, 9.17) is 10.5 Å². The van der Waals surface area contributed by atoms with E-state index < -0.39 is 0 Å². The van der Waals surface area contributed by atoms with E-state index in [1.54, 1.807) is 7.11 Å². The highest BCUT2D eigenvalue weighted by molar-refractivity contribution is 5.81. The first-order chi connectivity index (χ1) is 11.2. The van der Waals surface area contributed by atoms with E-state index in [9.17, 15) is 0 Å². The van der Waals surface area contributed by atoms with Crippen LogP contribution in [0.1, 0.15) is 18.3 Å². The normalized spacial score (nSPS) is 11.4. The molecular formula is C17H19N5O. The lowest BCUT2D eigenvalue weighted by Gasteiger charge is -2.07. The quantitative estimate of drug-likeness (QED) is 0.733. The molecule has 23 heavy (non-hydrogen) atoms. The summed E-state index contributed by atoms with van der Waals surface area (Å²) in [6, 6.07) is 7.96. The second kappa shape index (κ2) is 6.48. The number of nitrogen functional groups attached to an aromatic ring is 1. The summed E-state index contributed by atoms with van der Waals surface area (Å²) in [5.74, 6) is 2.16. The molecular weight excluding hydrogens is 290 g/mol. The number of methoxy groups -OCH3 is 1. The van der Waals surface area contributed by atoms with Crippen LogP contribution in [-0.4, -0.2) is 26.6 Å². The number of hydrogen-bond acceptors (Lipinski definition) is 5. The Labute approximate surface area is 134 Å². The van der Waals surface area contributed by atoms with Crippen molar-refractivity contribution in [3.8, 4) is 5.75 Å². The fourth-order valence-electron chi connectivity index (χ4n) is 2.46. The minimum atomic E-state index is 0.408. The van der Waals surface area contributed by atoms with Crippen LogP contribution in [0.5, 0.6) is 5.75 Å². The summed E-state index contributed by atoms with van der Waals surface area (Å²) in [5.41, 5.74) is 8.50. The molecule has 0 aliphatic carbocycles. The van der Waals surface area contributed by atoms with Gasteiger partial charge >= 0.3 is 0 Å². The van der Waals surface area contributed by atoms with Crippen molar-refractivity contribution in [2.24, 2.45) is 0 Å². The van der Waals surface area contributed by atoms with Crippen LogP contribution in [0.3, 0.4) is 0 Å². The van der Waals surface area contributed by atoms with Gasteiger partial charge in [-0.1, -0.05) is 24.3 Å². The Morgan fingerprint density at radius 3 is 2.70 bits per heavy atom. The molecule has 0 spiro atoms. The molecule has 0 saturated heterocycles. The van der Waals surface area contributed by atoms with Gasteiger partial charge in [-0.2, -0.15) is 0 Å². The second-order valence-corrected chi connectivity index (χ2v) is 5.16. The smallest absolute Gasteiger partial charge is 0.165 e. The molecule has 2 N–H and O–H groups in total. The van der Waals surface area contributed by atoms with Gasteiger partial charge in [-0.05, 0) is 24.6 Å². The number of rotatable bonds is 5. The molecule has 3 rings (SSSR count). The fraction of sp³-hybridized carbons (Fsp3) is 0.235. The van der Waals surface area contributed by atoms with Gasteiger partial charge in [-0.3, -0.25) is 0 Å². The monoisotopic (exact) mass is 309 g/mol. The maximum Gasteiger partial charge on any atom is 0.165 e. The van der Waals surface area contributed by atoms with Crippen LogP contribution >= 0.6 is 0 Å². The number of nitrogens with zero attached hydrogens (tertiary/aromatic N) is 4. The Kier molecular flexibility index (Phi) is 4.23. The largest absolute Gasteiger partial charge is 0.497 e. The number of aromatic nitrogens is 4. The molecule has 0 aliphatic rings. The Balaban J connectivity index is 2.02. The molecule has 3 aromatic rings. The molecule has 0 saturated carbocycles. The SMILES string of the molecule is C/C=C\Cn1c(Cc2ccc(OC)cc2)nc2c(N)ncnc21. The molecule has 6 heteroatoms. The molecule has 2 heterocycles. The third-order valence-corrected chi connectivity index (χ3v) is 3.68. The molecule has 0 amide bonds. The zero-order chi connectivity index (χ0) is 16.2. The lowest BCUT2D eigenvalue weighted by Crippen LogP contribution is -2.04. The van der Waals surface area contributed by atoms with Gasteiger partial charge in [0.05, 0.1) is 7.11 Å². The van der Waals surface area contributed by atoms with E-state index in [2.05, 4.69) is 25.6 Å². The average molecular weight is 309 g/mol. The predicted molar refractivity (Wildman–Crippen MR) is 90.3 cm³/mol. The number of nitrogens with two attached hydrogens (primary N) is 1. The summed E-state index contributed by atoms with van der Waals surface area (Å²) in [6.07, 6.45) is 6.24. The molecule has 0 aliphatic heterocycles. The van der Waals surface area contributed by atoms with E-state index in [0.717, 1.165) is 22.8 Å². The Morgan fingerprint density at radius 2 is 2.00 bits per heavy atom. The number of fused-ring (bicyclic) bond motifs is 1. The van der Waals surface area contributed by atoms with Crippen molar-refractivity contribution in [3.05, 3.63) is 54.1 Å². The highest BCUT2D eigenvalue weighted by atomic mass is 16.5. The highest BCUT2D eigenvalue weighted by Gasteiger charge is 2.14. The summed E-state index contributed by atoms with van der Waals surface area (Å²) < 4.78 is 7.26. The summed E-state index contributed by atoms with van der Waals surface area (Å²) in [6.45, 7) is 2.69. The van der Waals surface area contributed by atoms with Crippen LogP contribution in [0.4, 0.5) is 5.82 Å². The van der Waals surface area contributed by atoms with Crippen molar-refractivity contribution in [1.29, 1.82) is 0 Å². The van der Waals surface area contributed by atoms with E-state index in [1.165, 1.54) is 6.33 Å². The van der Waals surface area contributed by atoms with Crippen molar-refractivity contribution in [3.63, 3.8) is 0 Å². The maximum absolute atomic E-state index is 5.94. The van der Waals surface area contributed by atoms with Crippen molar-refractivity contribution in [1.82, 2.24) is 19.5 Å². The van der Waals surface area contributed by atoms with E-state index in [1.807, 2.05) is 37.3 Å². The van der Waals surface area contributed by atoms with Crippen LogP contribution < -0.4 is 10.5 Å². The van der Waals surface area contributed by atoms with Crippen molar-refractivity contribution < 1.29 is 4.74 Å². The highest BCUT2D eigenvalue weighted by Crippen LogP contribution is 2.21. The molecule has 6 nitrogen and oxygen atoms in total. The molecule has 0 bridgehead atoms. The van der Waals surface area contributed by atoms with Crippen LogP contribution in [0.25, 0.3) is 11.2 Å². The van der Waals surface area contributed by atoms with Gasteiger partial charge in [0.2, 0.25) is 0 Å². The van der Waals surface area contributed by atoms with Crippen LogP contribution in [0, 0.1) is 0 Å². The minimum absolute atomic E-state index is 0.408. The van der Waals surface area contributed by atoms with Gasteiger partial charge < -0.3 is 15.0 Å². The van der Waals surface area contributed by atoms with E-state index >= 15 is 0 Å². The predicted octanol–water partition coefficient (Wildman–Crippen LogP) is 2.58. The summed E-state index contributed by atoms with van der Waals surface area (Å²) >= 11 is 0. The van der Waals surface area contributed by atoms with Crippen LogP contribution in [-0.2, 0) is 13.0 Å². The van der Waals surface area contributed by atoms with Crippen LogP contribution in [0.15, 0.2) is 42.7 Å². The lowest BCUT2D eigenvalue weighted by atomic mass is 10.1. The first-order valence-electron chi connectivity index (χ1n) is 7.42. The number of ether oxygens (including phenoxy) is 1. The van der Waals surface area contributed by atoms with E-state index in [0.29, 0.717) is 24.3 Å². The molecule has 2 aromatic heterocycles. The standard InChI is InChI=1S/C17H19N5O/c1-3-4-9-22-14(10-12-5-7-13(23-2)8-6-12)21-15-16(18)19-11-20-17(15)22/h3-8,11H,9-10H2,1-2H3,(H2,18,19,20)/b4-3-. The Bertz CT molecular complexity index is 836. The third-order valence-electron chi connectivity index (χ3n) is 3.68. The third kappa shape index (κ3) is 3.01. The maximum atomic E-state index is 5.94. The zero-order valence-electron chi connectivity index (χ0n) is 13.2. The van der Waals surface area contributed by atoms with Gasteiger partial charge in [0, 0.05) is 13.0 Å². The number of imidazole rings is 1. The minimum Gasteiger partial charge on any atom is -0.497 e. The Morgan fingerprint density at radius 1 is 1.22 bits per heavy atom. The average Bonchev–Trinajstić information content (AvgIpc) is 2.92. The summed E-state index contributed by atoms with van der Waals surface area (Å²) in [4.78, 5) is 13.0. The molecule has 0 unspecified atom stereocenters. The van der Waals surface area contributed by atoms with Gasteiger partial charge in [0.25, 0.3) is 0 Å². The number of allylic oxidation sites excluding steroid dienone is 2. The van der Waals surface area contributed by atoms with Crippen LogP contribution in [0.2, 0.25) is 0 Å². The molecule has 0 radical (unpaired) electrons. The Hall–Kier alpha value is -2.89. The van der Waals surface area contributed by atoms with Gasteiger partial charge in [-0.25, -0.2) is 15.0 Å². The van der Waals surface area contributed by atoms with Crippen molar-refractivity contribution in [2.75, 3.05) is 12.8 Å². The molecule has 0 fully saturated rings. The first-order valence-corrected chi connectivity index (χ1v) is 7.42. The molecule has 118 valence electrons. The lowest BCUT2D eigenvalue weighted by molar-refractivity contribution is 0.414. The van der Waals surface area contributed by atoms with Gasteiger partial charge in [-0.15, -0.1) is 0 Å². The number of anilines is 1. The number of hydrogen-bond donors (Lipinski definition) is 1.